The molecule has 1 aliphatic rings. The molecule has 0 spiro atoms. The van der Waals surface area contributed by atoms with Crippen molar-refractivity contribution < 1.29 is 26.6 Å². The van der Waals surface area contributed by atoms with E-state index < -0.39 is 5.91 Å². The number of aliphatic imine (C=N–C) groups is 1. The molecule has 1 fully saturated rings. The van der Waals surface area contributed by atoms with E-state index in [1.165, 1.54) is 11.0 Å². The summed E-state index contributed by atoms with van der Waals surface area (Å²) in [5.41, 5.74) is 0.597. The van der Waals surface area contributed by atoms with Crippen molar-refractivity contribution in [2.45, 2.75) is 0 Å². The zero-order valence-electron chi connectivity index (χ0n) is 13.2. The molecule has 25 heavy (non-hydrogen) atoms. The maximum Gasteiger partial charge on any atom is 0.267 e. The molecule has 0 saturated carbocycles. The summed E-state index contributed by atoms with van der Waals surface area (Å²) < 4.78 is 0. The van der Waals surface area contributed by atoms with E-state index in [1.54, 1.807) is 36.4 Å². The summed E-state index contributed by atoms with van der Waals surface area (Å²) in [7, 11) is 0. The van der Waals surface area contributed by atoms with Gasteiger partial charge in [-0.1, -0.05) is 23.8 Å². The topological polar surface area (TPSA) is 61.8 Å². The Morgan fingerprint density at radius 3 is 2.56 bits per heavy atom. The van der Waals surface area contributed by atoms with Gasteiger partial charge in [-0.25, -0.2) is 0 Å². The van der Waals surface area contributed by atoms with Gasteiger partial charge in [-0.05, 0) is 36.0 Å². The highest BCUT2D eigenvalue weighted by atomic mass is 79.9. The first-order valence-electron chi connectivity index (χ1n) is 7.09. The van der Waals surface area contributed by atoms with Crippen molar-refractivity contribution in [2.75, 3.05) is 18.4 Å². The lowest BCUT2D eigenvalue weighted by Crippen LogP contribution is -3.00. The number of halogens is 2. The third-order valence-electron chi connectivity index (χ3n) is 2.93. The van der Waals surface area contributed by atoms with Crippen LogP contribution in [0.3, 0.4) is 0 Å². The Morgan fingerprint density at radius 2 is 1.96 bits per heavy atom. The Bertz CT molecular complexity index is 732. The summed E-state index contributed by atoms with van der Waals surface area (Å²) in [6.07, 6.45) is 4.52. The lowest BCUT2D eigenvalue weighted by Gasteiger charge is -2.12. The molecule has 0 unspecified atom stereocenters. The van der Waals surface area contributed by atoms with Crippen LogP contribution in [0.4, 0.5) is 5.69 Å². The van der Waals surface area contributed by atoms with Crippen LogP contribution in [0.15, 0.2) is 65.5 Å². The van der Waals surface area contributed by atoms with Crippen LogP contribution in [-0.2, 0) is 9.59 Å². The molecule has 1 aromatic carbocycles. The highest BCUT2D eigenvalue weighted by molar-refractivity contribution is 8.18. The lowest BCUT2D eigenvalue weighted by molar-refractivity contribution is -0.122. The Morgan fingerprint density at radius 1 is 1.28 bits per heavy atom. The molecule has 1 heterocycles. The molecular formula is C17H16BrClN3O2S-. The molecule has 0 aliphatic carbocycles. The number of amidine groups is 1. The number of rotatable bonds is 6. The van der Waals surface area contributed by atoms with Gasteiger partial charge in [0.05, 0.1) is 11.4 Å². The summed E-state index contributed by atoms with van der Waals surface area (Å²) in [4.78, 5) is 30.6. The first-order chi connectivity index (χ1) is 11.5. The minimum absolute atomic E-state index is 0. The Kier molecular flexibility index (Phi) is 8.68. The quantitative estimate of drug-likeness (QED) is 0.516. The zero-order valence-corrected chi connectivity index (χ0v) is 16.4. The smallest absolute Gasteiger partial charge is 0.267 e. The van der Waals surface area contributed by atoms with Crippen LogP contribution < -0.4 is 22.3 Å². The fraction of sp³-hybridized carbons (Fsp3) is 0.118. The molecule has 0 bridgehead atoms. The van der Waals surface area contributed by atoms with Gasteiger partial charge in [0, 0.05) is 23.3 Å². The van der Waals surface area contributed by atoms with Gasteiger partial charge >= 0.3 is 0 Å². The number of hydrogen-bond acceptors (Lipinski definition) is 4. The number of benzene rings is 1. The fourth-order valence-corrected chi connectivity index (χ4v) is 2.98. The van der Waals surface area contributed by atoms with Crippen molar-refractivity contribution >= 4 is 46.0 Å². The molecule has 1 aromatic rings. The number of carbonyl (C=O) groups is 2. The molecule has 0 radical (unpaired) electrons. The molecule has 1 saturated heterocycles. The van der Waals surface area contributed by atoms with E-state index in [9.17, 15) is 9.59 Å². The molecule has 132 valence electrons. The fourth-order valence-electron chi connectivity index (χ4n) is 1.89. The molecule has 1 aliphatic heterocycles. The van der Waals surface area contributed by atoms with E-state index in [4.69, 9.17) is 11.6 Å². The van der Waals surface area contributed by atoms with Crippen molar-refractivity contribution in [3.63, 3.8) is 0 Å². The summed E-state index contributed by atoms with van der Waals surface area (Å²) in [6.45, 7) is 7.97. The van der Waals surface area contributed by atoms with Crippen LogP contribution in [0.2, 0.25) is 5.02 Å². The standard InChI is InChI=1S/C17H16ClN3O2S.BrH/c1-3-9-19-17-21(10-4-2)16(23)14(24-17)11-15(22)20-13-7-5-12(18)6-8-13;/h3-8,11H,1-2,9-10H2,(H,20,22);1H/p-1/b14-11+,19-17?;. The van der Waals surface area contributed by atoms with E-state index >= 15 is 0 Å². The average Bonchev–Trinajstić information content (AvgIpc) is 2.84. The van der Waals surface area contributed by atoms with E-state index in [0.717, 1.165) is 11.8 Å². The molecule has 2 amide bonds. The Hall–Kier alpha value is -1.83. The van der Waals surface area contributed by atoms with E-state index in [0.29, 0.717) is 33.9 Å². The second-order valence-corrected chi connectivity index (χ2v) is 6.17. The van der Waals surface area contributed by atoms with Crippen LogP contribution in [0.5, 0.6) is 0 Å². The minimum Gasteiger partial charge on any atom is -1.00 e. The van der Waals surface area contributed by atoms with Gasteiger partial charge < -0.3 is 22.3 Å². The van der Waals surface area contributed by atoms with Crippen molar-refractivity contribution in [3.05, 3.63) is 65.6 Å². The predicted molar refractivity (Wildman–Crippen MR) is 100 cm³/mol. The van der Waals surface area contributed by atoms with Gasteiger partial charge in [0.2, 0.25) is 5.91 Å². The van der Waals surface area contributed by atoms with Crippen LogP contribution in [0, 0.1) is 0 Å². The minimum atomic E-state index is -0.392. The van der Waals surface area contributed by atoms with Crippen LogP contribution in [0.1, 0.15) is 0 Å². The van der Waals surface area contributed by atoms with Gasteiger partial charge in [0.15, 0.2) is 5.17 Å². The van der Waals surface area contributed by atoms with Gasteiger partial charge in [0.1, 0.15) is 0 Å². The number of nitrogens with zero attached hydrogens (tertiary/aromatic N) is 2. The van der Waals surface area contributed by atoms with Crippen LogP contribution >= 0.6 is 23.4 Å². The zero-order chi connectivity index (χ0) is 17.5. The molecule has 1 N–H and O–H groups in total. The van der Waals surface area contributed by atoms with Gasteiger partial charge in [-0.2, -0.15) is 0 Å². The van der Waals surface area contributed by atoms with Crippen LogP contribution in [-0.4, -0.2) is 35.0 Å². The number of hydrogen-bond donors (Lipinski definition) is 1. The normalized spacial score (nSPS) is 16.7. The summed E-state index contributed by atoms with van der Waals surface area (Å²) in [5, 5.41) is 3.80. The predicted octanol–water partition coefficient (Wildman–Crippen LogP) is 0.470. The first kappa shape index (κ1) is 21.2. The third kappa shape index (κ3) is 5.88. The molecule has 0 atom stereocenters. The van der Waals surface area contributed by atoms with Gasteiger partial charge in [0.25, 0.3) is 5.91 Å². The largest absolute Gasteiger partial charge is 1.00 e. The summed E-state index contributed by atoms with van der Waals surface area (Å²) in [5.74, 6) is -0.661. The second-order valence-electron chi connectivity index (χ2n) is 4.72. The lowest BCUT2D eigenvalue weighted by atomic mass is 10.3. The van der Waals surface area contributed by atoms with Crippen molar-refractivity contribution in [2.24, 2.45) is 4.99 Å². The maximum absolute atomic E-state index is 12.4. The number of thioether (sulfide) groups is 1. The highest BCUT2D eigenvalue weighted by Crippen LogP contribution is 2.30. The number of carbonyl (C=O) groups excluding carboxylic acids is 2. The SMILES string of the molecule is C=CCN=C1S/C(=C/C(=O)Nc2ccc(Cl)cc2)C(=O)N1CC=C.[Br-]. The second kappa shape index (κ2) is 10.2. The monoisotopic (exact) mass is 440 g/mol. The summed E-state index contributed by atoms with van der Waals surface area (Å²) in [6, 6.07) is 6.71. The van der Waals surface area contributed by atoms with E-state index in [-0.39, 0.29) is 22.9 Å². The first-order valence-corrected chi connectivity index (χ1v) is 8.28. The average molecular weight is 442 g/mol. The van der Waals surface area contributed by atoms with E-state index in [2.05, 4.69) is 23.5 Å². The molecule has 0 aromatic heterocycles. The molecular weight excluding hydrogens is 426 g/mol. The Balaban J connectivity index is 0.00000312. The van der Waals surface area contributed by atoms with Gasteiger partial charge in [-0.3, -0.25) is 19.5 Å². The number of amides is 2. The van der Waals surface area contributed by atoms with Gasteiger partial charge in [-0.15, -0.1) is 13.2 Å². The highest BCUT2D eigenvalue weighted by Gasteiger charge is 2.32. The molecule has 5 nitrogen and oxygen atoms in total. The van der Waals surface area contributed by atoms with Crippen molar-refractivity contribution in [3.8, 4) is 0 Å². The molecule has 8 heteroatoms. The molecule has 2 rings (SSSR count). The van der Waals surface area contributed by atoms with Crippen LogP contribution in [0.25, 0.3) is 0 Å². The summed E-state index contributed by atoms with van der Waals surface area (Å²) >= 11 is 6.96. The maximum atomic E-state index is 12.4. The van der Waals surface area contributed by atoms with Crippen molar-refractivity contribution in [1.29, 1.82) is 0 Å². The third-order valence-corrected chi connectivity index (χ3v) is 4.23. The number of anilines is 1. The Labute approximate surface area is 166 Å². The number of nitrogens with one attached hydrogen (secondary N) is 1. The van der Waals surface area contributed by atoms with E-state index in [1.807, 2.05) is 0 Å². The van der Waals surface area contributed by atoms with Crippen molar-refractivity contribution in [1.82, 2.24) is 4.90 Å².